The van der Waals surface area contributed by atoms with Crippen LogP contribution < -0.4 is 5.32 Å². The maximum Gasteiger partial charge on any atom is 0.230 e. The molecule has 1 aromatic heterocycles. The number of hydrogen-bond donors (Lipinski definition) is 1. The first-order valence-electron chi connectivity index (χ1n) is 10.3. The van der Waals surface area contributed by atoms with E-state index in [4.69, 9.17) is 0 Å². The number of carbonyl (C=O) groups excluding carboxylic acids is 1. The fourth-order valence-corrected chi connectivity index (χ4v) is 4.03. The topological polar surface area (TPSA) is 63.1 Å². The summed E-state index contributed by atoms with van der Waals surface area (Å²) in [6, 6.07) is 20.4. The lowest BCUT2D eigenvalue weighted by atomic mass is 10.2. The summed E-state index contributed by atoms with van der Waals surface area (Å²) in [4.78, 5) is 14.7. The van der Waals surface area contributed by atoms with E-state index in [0.717, 1.165) is 30.2 Å². The predicted molar refractivity (Wildman–Crippen MR) is 123 cm³/mol. The van der Waals surface area contributed by atoms with E-state index < -0.39 is 0 Å². The Bertz CT molecular complexity index is 927. The lowest BCUT2D eigenvalue weighted by Gasteiger charge is -2.24. The molecule has 6 nitrogen and oxygen atoms in total. The summed E-state index contributed by atoms with van der Waals surface area (Å²) >= 11 is 1.40. The Labute approximate surface area is 182 Å². The molecule has 0 radical (unpaired) electrons. The summed E-state index contributed by atoms with van der Waals surface area (Å²) in [7, 11) is 0. The van der Waals surface area contributed by atoms with Gasteiger partial charge in [0.15, 0.2) is 11.0 Å². The van der Waals surface area contributed by atoms with E-state index in [9.17, 15) is 4.79 Å². The number of rotatable bonds is 10. The van der Waals surface area contributed by atoms with Crippen molar-refractivity contribution in [2.75, 3.05) is 25.4 Å². The van der Waals surface area contributed by atoms with E-state index >= 15 is 0 Å². The van der Waals surface area contributed by atoms with Gasteiger partial charge in [-0.05, 0) is 32.5 Å². The normalized spacial score (nSPS) is 11.2. The Kier molecular flexibility index (Phi) is 8.04. The number of carbonyl (C=O) groups is 1. The molecule has 1 amide bonds. The smallest absolute Gasteiger partial charge is 0.230 e. The number of amides is 1. The SMILES string of the molecule is CCN(CCNC(=O)CSc1nnc(-c2ccccc2)n1-c1ccccc1)C(C)C. The van der Waals surface area contributed by atoms with Crippen molar-refractivity contribution >= 4 is 17.7 Å². The highest BCUT2D eigenvalue weighted by molar-refractivity contribution is 7.99. The van der Waals surface area contributed by atoms with Gasteiger partial charge in [0.2, 0.25) is 5.91 Å². The number of nitrogens with one attached hydrogen (secondary N) is 1. The van der Waals surface area contributed by atoms with E-state index in [1.54, 1.807) is 0 Å². The zero-order valence-electron chi connectivity index (χ0n) is 17.8. The van der Waals surface area contributed by atoms with Crippen molar-refractivity contribution in [2.24, 2.45) is 0 Å². The predicted octanol–water partition coefficient (Wildman–Crippen LogP) is 3.87. The molecule has 0 aliphatic rings. The van der Waals surface area contributed by atoms with E-state index in [0.29, 0.717) is 23.5 Å². The molecule has 0 saturated carbocycles. The first-order chi connectivity index (χ1) is 14.6. The molecule has 0 aliphatic heterocycles. The van der Waals surface area contributed by atoms with Crippen LogP contribution in [0.15, 0.2) is 65.8 Å². The number of benzene rings is 2. The highest BCUT2D eigenvalue weighted by atomic mass is 32.2. The number of thioether (sulfide) groups is 1. The van der Waals surface area contributed by atoms with Crippen LogP contribution >= 0.6 is 11.8 Å². The van der Waals surface area contributed by atoms with Gasteiger partial charge in [-0.25, -0.2) is 0 Å². The standard InChI is InChI=1S/C23H29N5OS/c1-4-27(18(2)3)16-15-24-21(29)17-30-23-26-25-22(19-11-7-5-8-12-19)28(23)20-13-9-6-10-14-20/h5-14,18H,4,15-17H2,1-3H3,(H,24,29). The molecule has 0 aliphatic carbocycles. The quantitative estimate of drug-likeness (QED) is 0.502. The number of likely N-dealkylation sites (N-methyl/N-ethyl adjacent to an activating group) is 1. The van der Waals surface area contributed by atoms with E-state index in [1.807, 2.05) is 65.2 Å². The Hall–Kier alpha value is -2.64. The lowest BCUT2D eigenvalue weighted by molar-refractivity contribution is -0.118. The summed E-state index contributed by atoms with van der Waals surface area (Å²) in [5.74, 6) is 1.07. The van der Waals surface area contributed by atoms with Gasteiger partial charge in [0.05, 0.1) is 5.75 Å². The maximum atomic E-state index is 12.4. The van der Waals surface area contributed by atoms with Gasteiger partial charge in [-0.3, -0.25) is 14.3 Å². The molecule has 0 unspecified atom stereocenters. The van der Waals surface area contributed by atoms with Crippen molar-refractivity contribution in [1.82, 2.24) is 25.0 Å². The highest BCUT2D eigenvalue weighted by Gasteiger charge is 2.17. The van der Waals surface area contributed by atoms with Crippen LogP contribution in [0.2, 0.25) is 0 Å². The van der Waals surface area contributed by atoms with Crippen LogP contribution in [0.3, 0.4) is 0 Å². The Morgan fingerprint density at radius 2 is 1.73 bits per heavy atom. The van der Waals surface area contributed by atoms with Crippen LogP contribution in [-0.2, 0) is 4.79 Å². The Balaban J connectivity index is 1.69. The number of para-hydroxylation sites is 1. The number of hydrogen-bond acceptors (Lipinski definition) is 5. The molecule has 158 valence electrons. The molecule has 0 bridgehead atoms. The van der Waals surface area contributed by atoms with Crippen molar-refractivity contribution in [3.8, 4) is 17.1 Å². The molecular weight excluding hydrogens is 394 g/mol. The Morgan fingerprint density at radius 1 is 1.07 bits per heavy atom. The minimum atomic E-state index is 0.00341. The molecule has 30 heavy (non-hydrogen) atoms. The third-order valence-corrected chi connectivity index (χ3v) is 5.80. The summed E-state index contributed by atoms with van der Waals surface area (Å²) in [6.07, 6.45) is 0. The number of aromatic nitrogens is 3. The fourth-order valence-electron chi connectivity index (χ4n) is 3.25. The molecule has 1 N–H and O–H groups in total. The average molecular weight is 424 g/mol. The molecule has 0 spiro atoms. The van der Waals surface area contributed by atoms with Crippen LogP contribution in [0, 0.1) is 0 Å². The summed E-state index contributed by atoms with van der Waals surface area (Å²) in [5.41, 5.74) is 1.96. The van der Waals surface area contributed by atoms with Gasteiger partial charge in [0.25, 0.3) is 0 Å². The van der Waals surface area contributed by atoms with Crippen molar-refractivity contribution in [3.05, 3.63) is 60.7 Å². The van der Waals surface area contributed by atoms with Crippen LogP contribution in [0.4, 0.5) is 0 Å². The Morgan fingerprint density at radius 3 is 2.37 bits per heavy atom. The molecule has 1 heterocycles. The van der Waals surface area contributed by atoms with Crippen LogP contribution in [0.5, 0.6) is 0 Å². The second-order valence-electron chi connectivity index (χ2n) is 7.20. The van der Waals surface area contributed by atoms with Crippen molar-refractivity contribution < 1.29 is 4.79 Å². The zero-order valence-corrected chi connectivity index (χ0v) is 18.6. The molecule has 0 fully saturated rings. The fraction of sp³-hybridized carbons (Fsp3) is 0.348. The van der Waals surface area contributed by atoms with E-state index in [-0.39, 0.29) is 5.91 Å². The van der Waals surface area contributed by atoms with Gasteiger partial charge >= 0.3 is 0 Å². The van der Waals surface area contributed by atoms with Crippen LogP contribution in [0.25, 0.3) is 17.1 Å². The molecule has 0 saturated heterocycles. The van der Waals surface area contributed by atoms with E-state index in [2.05, 4.69) is 41.2 Å². The average Bonchev–Trinajstić information content (AvgIpc) is 3.20. The molecule has 0 atom stereocenters. The van der Waals surface area contributed by atoms with Crippen molar-refractivity contribution in [1.29, 1.82) is 0 Å². The van der Waals surface area contributed by atoms with Gasteiger partial charge in [-0.15, -0.1) is 10.2 Å². The minimum Gasteiger partial charge on any atom is -0.354 e. The molecule has 7 heteroatoms. The highest BCUT2D eigenvalue weighted by Crippen LogP contribution is 2.27. The molecule has 3 rings (SSSR count). The first-order valence-corrected chi connectivity index (χ1v) is 11.3. The molecular formula is C23H29N5OS. The molecule has 3 aromatic rings. The van der Waals surface area contributed by atoms with Gasteiger partial charge < -0.3 is 5.32 Å². The van der Waals surface area contributed by atoms with Gasteiger partial charge in [0.1, 0.15) is 0 Å². The third kappa shape index (κ3) is 5.70. The minimum absolute atomic E-state index is 0.00341. The van der Waals surface area contributed by atoms with Crippen molar-refractivity contribution in [3.63, 3.8) is 0 Å². The largest absolute Gasteiger partial charge is 0.354 e. The second-order valence-corrected chi connectivity index (χ2v) is 8.15. The first kappa shape index (κ1) is 22.1. The van der Waals surface area contributed by atoms with E-state index in [1.165, 1.54) is 11.8 Å². The van der Waals surface area contributed by atoms with Crippen LogP contribution in [-0.4, -0.2) is 57.0 Å². The van der Waals surface area contributed by atoms with Crippen LogP contribution in [0.1, 0.15) is 20.8 Å². The maximum absolute atomic E-state index is 12.4. The summed E-state index contributed by atoms with van der Waals surface area (Å²) in [5, 5.41) is 12.5. The summed E-state index contributed by atoms with van der Waals surface area (Å²) < 4.78 is 2.00. The van der Waals surface area contributed by atoms with Gasteiger partial charge in [0, 0.05) is 30.4 Å². The van der Waals surface area contributed by atoms with Gasteiger partial charge in [-0.2, -0.15) is 0 Å². The monoisotopic (exact) mass is 423 g/mol. The summed E-state index contributed by atoms with van der Waals surface area (Å²) in [6.45, 7) is 8.95. The number of nitrogens with zero attached hydrogens (tertiary/aromatic N) is 4. The van der Waals surface area contributed by atoms with Gasteiger partial charge in [-0.1, -0.05) is 67.2 Å². The zero-order chi connectivity index (χ0) is 21.3. The second kappa shape index (κ2) is 10.9. The lowest BCUT2D eigenvalue weighted by Crippen LogP contribution is -2.38. The third-order valence-electron chi connectivity index (χ3n) is 4.87. The van der Waals surface area contributed by atoms with Crippen molar-refractivity contribution in [2.45, 2.75) is 32.0 Å². The molecule has 2 aromatic carbocycles.